The van der Waals surface area contributed by atoms with E-state index in [1.807, 2.05) is 0 Å². The standard InChI is InChI=1S/C12H16N4OS/c1-8-6-18-7-9(8)4-14-11-3-10(13)15-12(16-11)5-17-2/h3,6-7H,4-5H2,1-2H3,(H3,13,14,15,16). The van der Waals surface area contributed by atoms with Gasteiger partial charge in [0.05, 0.1) is 0 Å². The summed E-state index contributed by atoms with van der Waals surface area (Å²) >= 11 is 1.70. The second kappa shape index (κ2) is 5.79. The molecule has 2 aromatic heterocycles. The molecule has 0 saturated heterocycles. The number of aryl methyl sites for hydroxylation is 1. The van der Waals surface area contributed by atoms with Gasteiger partial charge >= 0.3 is 0 Å². The van der Waals surface area contributed by atoms with Crippen molar-refractivity contribution in [2.24, 2.45) is 0 Å². The zero-order valence-corrected chi connectivity index (χ0v) is 11.3. The van der Waals surface area contributed by atoms with Crippen LogP contribution in [0.1, 0.15) is 17.0 Å². The third-order valence-electron chi connectivity index (χ3n) is 2.49. The normalized spacial score (nSPS) is 10.6. The summed E-state index contributed by atoms with van der Waals surface area (Å²) in [5.41, 5.74) is 8.28. The minimum absolute atomic E-state index is 0.358. The van der Waals surface area contributed by atoms with Crippen LogP contribution in [0.3, 0.4) is 0 Å². The molecule has 0 amide bonds. The van der Waals surface area contributed by atoms with Gasteiger partial charge in [0.15, 0.2) is 5.82 Å². The monoisotopic (exact) mass is 264 g/mol. The van der Waals surface area contributed by atoms with Crippen molar-refractivity contribution in [1.82, 2.24) is 9.97 Å². The topological polar surface area (TPSA) is 73.1 Å². The quantitative estimate of drug-likeness (QED) is 0.866. The number of methoxy groups -OCH3 is 1. The van der Waals surface area contributed by atoms with Crippen molar-refractivity contribution in [3.63, 3.8) is 0 Å². The molecule has 0 radical (unpaired) electrons. The molecule has 0 aliphatic carbocycles. The van der Waals surface area contributed by atoms with Gasteiger partial charge in [0.1, 0.15) is 18.2 Å². The second-order valence-corrected chi connectivity index (χ2v) is 4.70. The Balaban J connectivity index is 2.07. The maximum Gasteiger partial charge on any atom is 0.158 e. The van der Waals surface area contributed by atoms with Crippen molar-refractivity contribution >= 4 is 23.0 Å². The van der Waals surface area contributed by atoms with Crippen LogP contribution < -0.4 is 11.1 Å². The summed E-state index contributed by atoms with van der Waals surface area (Å²) in [4.78, 5) is 8.42. The van der Waals surface area contributed by atoms with Gasteiger partial charge in [-0.3, -0.25) is 0 Å². The third kappa shape index (κ3) is 3.18. The molecule has 0 unspecified atom stereocenters. The zero-order valence-electron chi connectivity index (χ0n) is 10.4. The van der Waals surface area contributed by atoms with Gasteiger partial charge in [0.2, 0.25) is 0 Å². The Labute approximate surface area is 110 Å². The van der Waals surface area contributed by atoms with Crippen LogP contribution in [-0.4, -0.2) is 17.1 Å². The molecule has 3 N–H and O–H groups in total. The SMILES string of the molecule is COCc1nc(N)cc(NCc2cscc2C)n1. The number of ether oxygens (including phenoxy) is 1. The van der Waals surface area contributed by atoms with E-state index in [-0.39, 0.29) is 0 Å². The maximum atomic E-state index is 5.72. The average Bonchev–Trinajstić information content (AvgIpc) is 2.72. The van der Waals surface area contributed by atoms with E-state index in [1.54, 1.807) is 24.5 Å². The molecule has 96 valence electrons. The van der Waals surface area contributed by atoms with E-state index >= 15 is 0 Å². The molecule has 0 fully saturated rings. The van der Waals surface area contributed by atoms with Gasteiger partial charge in [-0.15, -0.1) is 0 Å². The fourth-order valence-electron chi connectivity index (χ4n) is 1.56. The van der Waals surface area contributed by atoms with Crippen molar-refractivity contribution in [2.45, 2.75) is 20.1 Å². The molecule has 0 aromatic carbocycles. The van der Waals surface area contributed by atoms with Crippen LogP contribution >= 0.6 is 11.3 Å². The molecule has 2 rings (SSSR count). The molecule has 0 aliphatic heterocycles. The Morgan fingerprint density at radius 1 is 1.39 bits per heavy atom. The van der Waals surface area contributed by atoms with Gasteiger partial charge in [-0.1, -0.05) is 0 Å². The van der Waals surface area contributed by atoms with Gasteiger partial charge in [-0.25, -0.2) is 9.97 Å². The van der Waals surface area contributed by atoms with Crippen molar-refractivity contribution < 1.29 is 4.74 Å². The lowest BCUT2D eigenvalue weighted by molar-refractivity contribution is 0.178. The fourth-order valence-corrected chi connectivity index (χ4v) is 2.41. The highest BCUT2D eigenvalue weighted by Crippen LogP contribution is 2.16. The summed E-state index contributed by atoms with van der Waals surface area (Å²) < 4.78 is 5.00. The van der Waals surface area contributed by atoms with Crippen molar-refractivity contribution in [3.8, 4) is 0 Å². The first kappa shape index (κ1) is 12.8. The first-order valence-electron chi connectivity index (χ1n) is 5.57. The number of nitrogens with two attached hydrogens (primary N) is 1. The van der Waals surface area contributed by atoms with Crippen LogP contribution in [0.2, 0.25) is 0 Å². The molecular formula is C12H16N4OS. The highest BCUT2D eigenvalue weighted by atomic mass is 32.1. The van der Waals surface area contributed by atoms with Crippen LogP contribution in [0, 0.1) is 6.92 Å². The highest BCUT2D eigenvalue weighted by Gasteiger charge is 2.04. The number of hydrogen-bond acceptors (Lipinski definition) is 6. The Kier molecular flexibility index (Phi) is 4.11. The number of nitrogen functional groups attached to an aromatic ring is 1. The van der Waals surface area contributed by atoms with Gasteiger partial charge in [0.25, 0.3) is 0 Å². The minimum atomic E-state index is 0.358. The minimum Gasteiger partial charge on any atom is -0.384 e. The summed E-state index contributed by atoms with van der Waals surface area (Å²) in [6.45, 7) is 3.19. The van der Waals surface area contributed by atoms with Crippen LogP contribution in [0.25, 0.3) is 0 Å². The Morgan fingerprint density at radius 3 is 2.89 bits per heavy atom. The lowest BCUT2D eigenvalue weighted by Crippen LogP contribution is -2.07. The maximum absolute atomic E-state index is 5.72. The molecule has 2 aromatic rings. The van der Waals surface area contributed by atoms with Gasteiger partial charge in [-0.2, -0.15) is 11.3 Å². The van der Waals surface area contributed by atoms with Crippen LogP contribution in [-0.2, 0) is 17.9 Å². The van der Waals surface area contributed by atoms with E-state index in [1.165, 1.54) is 11.1 Å². The van der Waals surface area contributed by atoms with Crippen LogP contribution in [0.4, 0.5) is 11.6 Å². The number of aromatic nitrogens is 2. The number of thiophene rings is 1. The van der Waals surface area contributed by atoms with Gasteiger partial charge < -0.3 is 15.8 Å². The van der Waals surface area contributed by atoms with Crippen LogP contribution in [0.5, 0.6) is 0 Å². The molecule has 2 heterocycles. The Bertz CT molecular complexity index is 527. The van der Waals surface area contributed by atoms with E-state index < -0.39 is 0 Å². The molecule has 0 saturated carbocycles. The Hall–Kier alpha value is -1.66. The third-order valence-corrected chi connectivity index (χ3v) is 3.40. The van der Waals surface area contributed by atoms with Crippen LogP contribution in [0.15, 0.2) is 16.8 Å². The van der Waals surface area contributed by atoms with Crippen molar-refractivity contribution in [2.75, 3.05) is 18.2 Å². The fraction of sp³-hybridized carbons (Fsp3) is 0.333. The van der Waals surface area contributed by atoms with E-state index in [0.29, 0.717) is 18.2 Å². The first-order chi connectivity index (χ1) is 8.69. The molecule has 0 bridgehead atoms. The Morgan fingerprint density at radius 2 is 2.22 bits per heavy atom. The van der Waals surface area contributed by atoms with Crippen molar-refractivity contribution in [3.05, 3.63) is 33.8 Å². The predicted octanol–water partition coefficient (Wildman–Crippen LogP) is 2.19. The number of nitrogens with one attached hydrogen (secondary N) is 1. The first-order valence-corrected chi connectivity index (χ1v) is 6.51. The summed E-state index contributed by atoms with van der Waals surface area (Å²) in [7, 11) is 1.61. The van der Waals surface area contributed by atoms with Gasteiger partial charge in [-0.05, 0) is 28.8 Å². The lowest BCUT2D eigenvalue weighted by atomic mass is 10.2. The molecule has 18 heavy (non-hydrogen) atoms. The molecule has 6 heteroatoms. The van der Waals surface area contributed by atoms with E-state index in [9.17, 15) is 0 Å². The van der Waals surface area contributed by atoms with Gasteiger partial charge in [0, 0.05) is 19.7 Å². The summed E-state index contributed by atoms with van der Waals surface area (Å²) in [5, 5.41) is 7.50. The van der Waals surface area contributed by atoms with Crippen molar-refractivity contribution in [1.29, 1.82) is 0 Å². The van der Waals surface area contributed by atoms with E-state index in [4.69, 9.17) is 10.5 Å². The summed E-state index contributed by atoms with van der Waals surface area (Å²) in [5.74, 6) is 1.75. The molecule has 5 nitrogen and oxygen atoms in total. The number of rotatable bonds is 5. The predicted molar refractivity (Wildman–Crippen MR) is 73.5 cm³/mol. The highest BCUT2D eigenvalue weighted by molar-refractivity contribution is 7.08. The number of nitrogens with zero attached hydrogens (tertiary/aromatic N) is 2. The van der Waals surface area contributed by atoms with E-state index in [2.05, 4.69) is 33.0 Å². The smallest absolute Gasteiger partial charge is 0.158 e. The molecular weight excluding hydrogens is 248 g/mol. The largest absolute Gasteiger partial charge is 0.384 e. The molecule has 0 aliphatic rings. The second-order valence-electron chi connectivity index (χ2n) is 3.96. The average molecular weight is 264 g/mol. The number of anilines is 2. The zero-order chi connectivity index (χ0) is 13.0. The number of hydrogen-bond donors (Lipinski definition) is 2. The van der Waals surface area contributed by atoms with E-state index in [0.717, 1.165) is 12.4 Å². The lowest BCUT2D eigenvalue weighted by Gasteiger charge is -2.08. The molecule has 0 atom stereocenters. The molecule has 0 spiro atoms. The summed E-state index contributed by atoms with van der Waals surface area (Å²) in [6, 6.07) is 1.72. The summed E-state index contributed by atoms with van der Waals surface area (Å²) in [6.07, 6.45) is 0.